The van der Waals surface area contributed by atoms with E-state index in [0.717, 1.165) is 38.8 Å². The summed E-state index contributed by atoms with van der Waals surface area (Å²) >= 11 is 5.09. The number of carbonyl (C=O) groups excluding carboxylic acids is 2. The second-order valence-corrected chi connectivity index (χ2v) is 6.32. The molecule has 20 heavy (non-hydrogen) atoms. The van der Waals surface area contributed by atoms with E-state index in [1.165, 1.54) is 0 Å². The molecular formula is C14H23N3O2S. The van der Waals surface area contributed by atoms with Crippen LogP contribution >= 0.6 is 12.2 Å². The van der Waals surface area contributed by atoms with E-state index in [0.29, 0.717) is 12.8 Å². The molecule has 0 aromatic rings. The minimum Gasteiger partial charge on any atom is -0.392 e. The summed E-state index contributed by atoms with van der Waals surface area (Å²) in [5.41, 5.74) is 5.04. The predicted octanol–water partition coefficient (Wildman–Crippen LogP) is 0.960. The van der Waals surface area contributed by atoms with Gasteiger partial charge in [-0.1, -0.05) is 25.1 Å². The lowest BCUT2D eigenvalue weighted by Gasteiger charge is -2.29. The van der Waals surface area contributed by atoms with Crippen molar-refractivity contribution in [1.82, 2.24) is 10.2 Å². The fourth-order valence-electron chi connectivity index (χ4n) is 3.17. The minimum absolute atomic E-state index is 0.00747. The van der Waals surface area contributed by atoms with Gasteiger partial charge >= 0.3 is 0 Å². The van der Waals surface area contributed by atoms with E-state index in [2.05, 4.69) is 5.32 Å². The van der Waals surface area contributed by atoms with Gasteiger partial charge in [-0.3, -0.25) is 9.59 Å². The maximum Gasteiger partial charge on any atom is 0.244 e. The Morgan fingerprint density at radius 2 is 1.75 bits per heavy atom. The Hall–Kier alpha value is -1.17. The zero-order valence-electron chi connectivity index (χ0n) is 12.0. The van der Waals surface area contributed by atoms with Crippen molar-refractivity contribution in [3.63, 3.8) is 0 Å². The molecule has 1 aliphatic carbocycles. The molecule has 0 aromatic heterocycles. The van der Waals surface area contributed by atoms with Crippen molar-refractivity contribution in [1.29, 1.82) is 0 Å². The standard InChI is InChI=1S/C14H23N3O2S/c1-10(11(18)17-8-4-5-9-17)16-13(19)14(12(15)20)6-2-3-7-14/h10H,2-9H2,1H3,(H2,15,20)(H,16,19). The van der Waals surface area contributed by atoms with Crippen molar-refractivity contribution in [2.45, 2.75) is 51.5 Å². The topological polar surface area (TPSA) is 75.4 Å². The van der Waals surface area contributed by atoms with Crippen LogP contribution in [0.5, 0.6) is 0 Å². The molecule has 2 amide bonds. The van der Waals surface area contributed by atoms with Crippen molar-refractivity contribution < 1.29 is 9.59 Å². The van der Waals surface area contributed by atoms with Gasteiger partial charge in [0.25, 0.3) is 0 Å². The highest BCUT2D eigenvalue weighted by atomic mass is 32.1. The molecule has 3 N–H and O–H groups in total. The van der Waals surface area contributed by atoms with Crippen LogP contribution in [0.2, 0.25) is 0 Å². The molecule has 1 unspecified atom stereocenters. The summed E-state index contributed by atoms with van der Waals surface area (Å²) in [5, 5.41) is 2.82. The zero-order chi connectivity index (χ0) is 14.8. The number of likely N-dealkylation sites (tertiary alicyclic amines) is 1. The first-order valence-electron chi connectivity index (χ1n) is 7.37. The molecule has 1 atom stereocenters. The van der Waals surface area contributed by atoms with E-state index in [9.17, 15) is 9.59 Å². The van der Waals surface area contributed by atoms with Gasteiger partial charge in [-0.15, -0.1) is 0 Å². The number of nitrogens with zero attached hydrogens (tertiary/aromatic N) is 1. The summed E-state index contributed by atoms with van der Waals surface area (Å²) in [4.78, 5) is 26.8. The van der Waals surface area contributed by atoms with Gasteiger partial charge in [-0.25, -0.2) is 0 Å². The lowest BCUT2D eigenvalue weighted by molar-refractivity contribution is -0.137. The average molecular weight is 297 g/mol. The third-order valence-corrected chi connectivity index (χ3v) is 4.89. The van der Waals surface area contributed by atoms with Gasteiger partial charge in [0, 0.05) is 13.1 Å². The lowest BCUT2D eigenvalue weighted by Crippen LogP contribution is -2.53. The van der Waals surface area contributed by atoms with Gasteiger partial charge in [-0.05, 0) is 32.6 Å². The highest BCUT2D eigenvalue weighted by molar-refractivity contribution is 7.80. The van der Waals surface area contributed by atoms with Gasteiger partial charge < -0.3 is 16.0 Å². The third-order valence-electron chi connectivity index (χ3n) is 4.50. The summed E-state index contributed by atoms with van der Waals surface area (Å²) in [6.07, 6.45) is 5.39. The number of hydrogen-bond acceptors (Lipinski definition) is 3. The van der Waals surface area contributed by atoms with Crippen LogP contribution in [0, 0.1) is 5.41 Å². The maximum absolute atomic E-state index is 12.5. The molecule has 1 saturated carbocycles. The molecule has 0 aromatic carbocycles. The smallest absolute Gasteiger partial charge is 0.244 e. The Morgan fingerprint density at radius 3 is 2.25 bits per heavy atom. The van der Waals surface area contributed by atoms with E-state index >= 15 is 0 Å². The van der Waals surface area contributed by atoms with E-state index in [-0.39, 0.29) is 16.8 Å². The van der Waals surface area contributed by atoms with Crippen LogP contribution < -0.4 is 11.1 Å². The molecule has 1 heterocycles. The largest absolute Gasteiger partial charge is 0.392 e. The Labute approximate surface area is 125 Å². The van der Waals surface area contributed by atoms with E-state index in [1.54, 1.807) is 6.92 Å². The maximum atomic E-state index is 12.5. The van der Waals surface area contributed by atoms with Crippen LogP contribution in [-0.4, -0.2) is 40.8 Å². The number of nitrogens with two attached hydrogens (primary N) is 1. The molecule has 0 bridgehead atoms. The third kappa shape index (κ3) is 2.80. The summed E-state index contributed by atoms with van der Waals surface area (Å²) in [6.45, 7) is 3.32. The fraction of sp³-hybridized carbons (Fsp3) is 0.786. The van der Waals surface area contributed by atoms with Crippen LogP contribution in [0.4, 0.5) is 0 Å². The van der Waals surface area contributed by atoms with Crippen molar-refractivity contribution in [3.8, 4) is 0 Å². The number of rotatable bonds is 4. The average Bonchev–Trinajstić information content (AvgIpc) is 3.09. The molecule has 2 rings (SSSR count). The molecule has 1 saturated heterocycles. The first-order chi connectivity index (χ1) is 9.47. The van der Waals surface area contributed by atoms with Crippen LogP contribution in [0.3, 0.4) is 0 Å². The van der Waals surface area contributed by atoms with Gasteiger partial charge in [-0.2, -0.15) is 0 Å². The van der Waals surface area contributed by atoms with Crippen LogP contribution in [-0.2, 0) is 9.59 Å². The second kappa shape index (κ2) is 6.08. The van der Waals surface area contributed by atoms with Gasteiger partial charge in [0.2, 0.25) is 11.8 Å². The molecule has 2 fully saturated rings. The van der Waals surface area contributed by atoms with Gasteiger partial charge in [0.05, 0.1) is 10.4 Å². The van der Waals surface area contributed by atoms with Crippen LogP contribution in [0.15, 0.2) is 0 Å². The number of hydrogen-bond donors (Lipinski definition) is 2. The van der Waals surface area contributed by atoms with Crippen LogP contribution in [0.25, 0.3) is 0 Å². The normalized spacial score (nSPS) is 22.6. The lowest BCUT2D eigenvalue weighted by atomic mass is 9.85. The van der Waals surface area contributed by atoms with Crippen LogP contribution in [0.1, 0.15) is 45.4 Å². The summed E-state index contributed by atoms with van der Waals surface area (Å²) in [5.74, 6) is -0.186. The summed E-state index contributed by atoms with van der Waals surface area (Å²) in [6, 6.07) is -0.507. The molecular weight excluding hydrogens is 274 g/mol. The number of thiocarbonyl (C=S) groups is 1. The Bertz CT molecular complexity index is 413. The van der Waals surface area contributed by atoms with Crippen molar-refractivity contribution in [3.05, 3.63) is 0 Å². The fourth-order valence-corrected chi connectivity index (χ4v) is 3.47. The van der Waals surface area contributed by atoms with Gasteiger partial charge in [0.1, 0.15) is 6.04 Å². The number of amides is 2. The first-order valence-corrected chi connectivity index (χ1v) is 7.78. The highest BCUT2D eigenvalue weighted by Crippen LogP contribution is 2.38. The SMILES string of the molecule is CC(NC(=O)C1(C(N)=S)CCCC1)C(=O)N1CCCC1. The summed E-state index contributed by atoms with van der Waals surface area (Å²) < 4.78 is 0. The molecule has 5 nitrogen and oxygen atoms in total. The first kappa shape index (κ1) is 15.2. The number of carbonyl (C=O) groups is 2. The zero-order valence-corrected chi connectivity index (χ0v) is 12.8. The van der Waals surface area contributed by atoms with Crippen molar-refractivity contribution in [2.75, 3.05) is 13.1 Å². The quantitative estimate of drug-likeness (QED) is 0.758. The monoisotopic (exact) mass is 297 g/mol. The van der Waals surface area contributed by atoms with E-state index in [1.807, 2.05) is 4.90 Å². The molecule has 0 radical (unpaired) electrons. The second-order valence-electron chi connectivity index (χ2n) is 5.88. The van der Waals surface area contributed by atoms with Gasteiger partial charge in [0.15, 0.2) is 0 Å². The molecule has 112 valence electrons. The Kier molecular flexibility index (Phi) is 4.62. The number of nitrogens with one attached hydrogen (secondary N) is 1. The predicted molar refractivity (Wildman–Crippen MR) is 81.1 cm³/mol. The summed E-state index contributed by atoms with van der Waals surface area (Å²) in [7, 11) is 0. The Morgan fingerprint density at radius 1 is 1.20 bits per heavy atom. The minimum atomic E-state index is -0.741. The Balaban J connectivity index is 1.99. The van der Waals surface area contributed by atoms with Crippen molar-refractivity contribution >= 4 is 29.0 Å². The molecule has 6 heteroatoms. The molecule has 1 aliphatic heterocycles. The van der Waals surface area contributed by atoms with E-state index in [4.69, 9.17) is 18.0 Å². The molecule has 2 aliphatic rings. The molecule has 0 spiro atoms. The van der Waals surface area contributed by atoms with Crippen molar-refractivity contribution in [2.24, 2.45) is 11.1 Å². The highest BCUT2D eigenvalue weighted by Gasteiger charge is 2.44. The van der Waals surface area contributed by atoms with E-state index < -0.39 is 11.5 Å².